The van der Waals surface area contributed by atoms with Crippen LogP contribution >= 0.6 is 0 Å². The van der Waals surface area contributed by atoms with Gasteiger partial charge in [0.05, 0.1) is 13.2 Å². The molecular weight excluding hydrogens is 262 g/mol. The summed E-state index contributed by atoms with van der Waals surface area (Å²) in [6, 6.07) is 11.8. The summed E-state index contributed by atoms with van der Waals surface area (Å²) in [5, 5.41) is 0. The largest absolute Gasteiger partial charge is 0.497 e. The third-order valence-corrected chi connectivity index (χ3v) is 3.73. The smallest absolute Gasteiger partial charge is 0.122 e. The van der Waals surface area contributed by atoms with Crippen molar-refractivity contribution in [1.82, 2.24) is 0 Å². The average molecular weight is 285 g/mol. The van der Waals surface area contributed by atoms with E-state index in [0.717, 1.165) is 17.1 Å². The summed E-state index contributed by atoms with van der Waals surface area (Å²) in [5.74, 6) is 1.74. The Bertz CT molecular complexity index is 605. The van der Waals surface area contributed by atoms with Crippen molar-refractivity contribution in [2.24, 2.45) is 5.73 Å². The molecule has 0 bridgehead atoms. The second-order valence-corrected chi connectivity index (χ2v) is 5.40. The Morgan fingerprint density at radius 1 is 1.05 bits per heavy atom. The Balaban J connectivity index is 2.05. The Hall–Kier alpha value is -2.00. The van der Waals surface area contributed by atoms with E-state index < -0.39 is 0 Å². The molecule has 1 atom stereocenters. The van der Waals surface area contributed by atoms with Gasteiger partial charge in [-0.2, -0.15) is 0 Å². The second-order valence-electron chi connectivity index (χ2n) is 5.40. The van der Waals surface area contributed by atoms with Gasteiger partial charge < -0.3 is 15.2 Å². The molecule has 0 heterocycles. The highest BCUT2D eigenvalue weighted by Gasteiger charge is 2.09. The summed E-state index contributed by atoms with van der Waals surface area (Å²) >= 11 is 0. The predicted octanol–water partition coefficient (Wildman–Crippen LogP) is 3.70. The molecule has 2 aromatic carbocycles. The molecule has 2 rings (SSSR count). The number of benzene rings is 2. The van der Waals surface area contributed by atoms with E-state index in [-0.39, 0.29) is 6.04 Å². The quantitative estimate of drug-likeness (QED) is 0.911. The van der Waals surface area contributed by atoms with E-state index in [0.29, 0.717) is 6.61 Å². The summed E-state index contributed by atoms with van der Waals surface area (Å²) in [5.41, 5.74) is 10.8. The first-order valence-electron chi connectivity index (χ1n) is 7.11. The lowest BCUT2D eigenvalue weighted by Crippen LogP contribution is -2.19. The van der Waals surface area contributed by atoms with Gasteiger partial charge in [-0.1, -0.05) is 18.2 Å². The molecular formula is C18H23NO2. The highest BCUT2D eigenvalue weighted by atomic mass is 16.5. The van der Waals surface area contributed by atoms with Crippen LogP contribution in [0.15, 0.2) is 36.4 Å². The lowest BCUT2D eigenvalue weighted by molar-refractivity contribution is 0.288. The predicted molar refractivity (Wildman–Crippen MR) is 86.1 cm³/mol. The van der Waals surface area contributed by atoms with Crippen LogP contribution in [-0.4, -0.2) is 13.7 Å². The van der Waals surface area contributed by atoms with Crippen molar-refractivity contribution < 1.29 is 9.47 Å². The van der Waals surface area contributed by atoms with Crippen LogP contribution < -0.4 is 15.2 Å². The molecule has 3 nitrogen and oxygen atoms in total. The Morgan fingerprint density at radius 2 is 1.71 bits per heavy atom. The Morgan fingerprint density at radius 3 is 2.33 bits per heavy atom. The molecule has 0 radical (unpaired) electrons. The molecule has 3 heteroatoms. The monoisotopic (exact) mass is 285 g/mol. The minimum atomic E-state index is -0.156. The number of methoxy groups -OCH3 is 1. The van der Waals surface area contributed by atoms with Crippen molar-refractivity contribution in [2.75, 3.05) is 13.7 Å². The fraction of sp³-hybridized carbons (Fsp3) is 0.333. The molecule has 0 aliphatic rings. The molecule has 2 N–H and O–H groups in total. The molecule has 0 fully saturated rings. The number of hydrogen-bond acceptors (Lipinski definition) is 3. The van der Waals surface area contributed by atoms with Crippen molar-refractivity contribution in [2.45, 2.75) is 26.8 Å². The molecule has 2 aromatic rings. The van der Waals surface area contributed by atoms with Crippen LogP contribution in [0.1, 0.15) is 28.3 Å². The molecule has 0 aromatic heterocycles. The van der Waals surface area contributed by atoms with Gasteiger partial charge in [0.2, 0.25) is 0 Å². The van der Waals surface area contributed by atoms with Crippen molar-refractivity contribution >= 4 is 0 Å². The van der Waals surface area contributed by atoms with E-state index >= 15 is 0 Å². The zero-order valence-electron chi connectivity index (χ0n) is 13.1. The van der Waals surface area contributed by atoms with Crippen molar-refractivity contribution in [3.05, 3.63) is 58.7 Å². The first kappa shape index (κ1) is 15.4. The zero-order chi connectivity index (χ0) is 15.4. The normalized spacial score (nSPS) is 12.0. The van der Waals surface area contributed by atoms with Crippen molar-refractivity contribution in [1.29, 1.82) is 0 Å². The maximum atomic E-state index is 6.19. The third kappa shape index (κ3) is 3.76. The van der Waals surface area contributed by atoms with Crippen LogP contribution in [0.2, 0.25) is 0 Å². The molecule has 21 heavy (non-hydrogen) atoms. The van der Waals surface area contributed by atoms with E-state index in [1.165, 1.54) is 16.7 Å². The fourth-order valence-electron chi connectivity index (χ4n) is 2.28. The lowest BCUT2D eigenvalue weighted by atomic mass is 10.1. The standard InChI is InChI=1S/C18H23NO2/c1-12-9-13(2)14(3)18(10-12)21-11-17(19)15-5-7-16(20-4)8-6-15/h5-10,17H,11,19H2,1-4H3. The van der Waals surface area contributed by atoms with Gasteiger partial charge in [-0.3, -0.25) is 0 Å². The van der Waals surface area contributed by atoms with Crippen LogP contribution in [-0.2, 0) is 0 Å². The maximum absolute atomic E-state index is 6.19. The van der Waals surface area contributed by atoms with Crippen LogP contribution in [0, 0.1) is 20.8 Å². The second kappa shape index (κ2) is 6.64. The summed E-state index contributed by atoms with van der Waals surface area (Å²) in [7, 11) is 1.65. The maximum Gasteiger partial charge on any atom is 0.122 e. The molecule has 1 unspecified atom stereocenters. The van der Waals surface area contributed by atoms with Gasteiger partial charge in [0, 0.05) is 0 Å². The van der Waals surface area contributed by atoms with Gasteiger partial charge >= 0.3 is 0 Å². The highest BCUT2D eigenvalue weighted by Crippen LogP contribution is 2.24. The summed E-state index contributed by atoms with van der Waals surface area (Å²) < 4.78 is 11.1. The van der Waals surface area contributed by atoms with Crippen LogP contribution in [0.3, 0.4) is 0 Å². The minimum Gasteiger partial charge on any atom is -0.497 e. The van der Waals surface area contributed by atoms with E-state index in [1.807, 2.05) is 24.3 Å². The van der Waals surface area contributed by atoms with E-state index in [2.05, 4.69) is 32.9 Å². The van der Waals surface area contributed by atoms with Crippen LogP contribution in [0.5, 0.6) is 11.5 Å². The van der Waals surface area contributed by atoms with E-state index in [9.17, 15) is 0 Å². The number of hydrogen-bond donors (Lipinski definition) is 1. The lowest BCUT2D eigenvalue weighted by Gasteiger charge is -2.17. The van der Waals surface area contributed by atoms with E-state index in [1.54, 1.807) is 7.11 Å². The van der Waals surface area contributed by atoms with Crippen LogP contribution in [0.25, 0.3) is 0 Å². The number of nitrogens with two attached hydrogens (primary N) is 1. The van der Waals surface area contributed by atoms with Crippen LogP contribution in [0.4, 0.5) is 0 Å². The topological polar surface area (TPSA) is 44.5 Å². The Kier molecular flexibility index (Phi) is 4.86. The molecule has 0 amide bonds. The molecule has 0 saturated carbocycles. The molecule has 0 spiro atoms. The van der Waals surface area contributed by atoms with Gasteiger partial charge in [-0.05, 0) is 61.2 Å². The first-order chi connectivity index (χ1) is 10.0. The molecule has 0 aliphatic carbocycles. The van der Waals surface area contributed by atoms with Gasteiger partial charge in [0.25, 0.3) is 0 Å². The summed E-state index contributed by atoms with van der Waals surface area (Å²) in [6.45, 7) is 6.69. The van der Waals surface area contributed by atoms with Gasteiger partial charge in [-0.25, -0.2) is 0 Å². The number of ether oxygens (including phenoxy) is 2. The number of rotatable bonds is 5. The number of aryl methyl sites for hydroxylation is 2. The summed E-state index contributed by atoms with van der Waals surface area (Å²) in [4.78, 5) is 0. The van der Waals surface area contributed by atoms with Gasteiger partial charge in [-0.15, -0.1) is 0 Å². The third-order valence-electron chi connectivity index (χ3n) is 3.73. The van der Waals surface area contributed by atoms with Crippen molar-refractivity contribution in [3.8, 4) is 11.5 Å². The van der Waals surface area contributed by atoms with E-state index in [4.69, 9.17) is 15.2 Å². The Labute approximate surface area is 126 Å². The summed E-state index contributed by atoms with van der Waals surface area (Å²) in [6.07, 6.45) is 0. The molecule has 0 saturated heterocycles. The fourth-order valence-corrected chi connectivity index (χ4v) is 2.28. The van der Waals surface area contributed by atoms with Crippen molar-refractivity contribution in [3.63, 3.8) is 0 Å². The zero-order valence-corrected chi connectivity index (χ0v) is 13.1. The molecule has 112 valence electrons. The first-order valence-corrected chi connectivity index (χ1v) is 7.11. The highest BCUT2D eigenvalue weighted by molar-refractivity contribution is 5.42. The van der Waals surface area contributed by atoms with Gasteiger partial charge in [0.1, 0.15) is 18.1 Å². The minimum absolute atomic E-state index is 0.156. The van der Waals surface area contributed by atoms with Gasteiger partial charge in [0.15, 0.2) is 0 Å². The SMILES string of the molecule is COc1ccc(C(N)COc2cc(C)cc(C)c2C)cc1. The molecule has 0 aliphatic heterocycles. The average Bonchev–Trinajstić information content (AvgIpc) is 2.49.